The predicted octanol–water partition coefficient (Wildman–Crippen LogP) is 5.62. The van der Waals surface area contributed by atoms with Crippen molar-refractivity contribution < 1.29 is 27.5 Å². The van der Waals surface area contributed by atoms with E-state index in [0.717, 1.165) is 25.2 Å². The number of rotatable bonds is 9. The van der Waals surface area contributed by atoms with Crippen molar-refractivity contribution in [1.82, 2.24) is 4.90 Å². The molecule has 2 aromatic heterocycles. The fraction of sp³-hybridized carbons (Fsp3) is 0.286. The summed E-state index contributed by atoms with van der Waals surface area (Å²) < 4.78 is 45.7. The Kier molecular flexibility index (Phi) is 6.81. The summed E-state index contributed by atoms with van der Waals surface area (Å²) in [4.78, 5) is 2.17. The Bertz CT molecular complexity index is 1200. The Labute approximate surface area is 202 Å². The molecule has 0 bridgehead atoms. The van der Waals surface area contributed by atoms with Crippen LogP contribution >= 0.6 is 0 Å². The summed E-state index contributed by atoms with van der Waals surface area (Å²) in [7, 11) is 0. The Balaban J connectivity index is 1.46. The van der Waals surface area contributed by atoms with Crippen molar-refractivity contribution in [3.05, 3.63) is 119 Å². The van der Waals surface area contributed by atoms with Crippen LogP contribution in [0.1, 0.15) is 41.2 Å². The molecule has 35 heavy (non-hydrogen) atoms. The fourth-order valence-corrected chi connectivity index (χ4v) is 4.64. The zero-order valence-electron chi connectivity index (χ0n) is 19.2. The standard InChI is InChI=1S/C28H27F2NO4/c29-22-7-1-5-20(15-22)28(32,21-6-2-8-23(30)16-21)27-12-11-26(35-27)19-31(17-24-9-3-13-33-24)18-25-10-4-14-34-25/h1-3,5-9,11-13,15-16,25,32H,4,10,14,17-19H2. The monoisotopic (exact) mass is 479 g/mol. The van der Waals surface area contributed by atoms with Crippen molar-refractivity contribution >= 4 is 0 Å². The molecule has 0 spiro atoms. The first-order chi connectivity index (χ1) is 17.0. The maximum atomic E-state index is 14.1. The molecule has 182 valence electrons. The lowest BCUT2D eigenvalue weighted by Crippen LogP contribution is -2.31. The number of furan rings is 2. The second-order valence-corrected chi connectivity index (χ2v) is 8.88. The van der Waals surface area contributed by atoms with Crippen LogP contribution in [-0.2, 0) is 23.4 Å². The summed E-state index contributed by atoms with van der Waals surface area (Å²) in [6, 6.07) is 18.4. The van der Waals surface area contributed by atoms with E-state index in [9.17, 15) is 13.9 Å². The highest BCUT2D eigenvalue weighted by atomic mass is 19.1. The highest BCUT2D eigenvalue weighted by Crippen LogP contribution is 2.38. The lowest BCUT2D eigenvalue weighted by Gasteiger charge is -2.28. The van der Waals surface area contributed by atoms with E-state index in [1.54, 1.807) is 30.5 Å². The third-order valence-corrected chi connectivity index (χ3v) is 6.33. The number of hydrogen-bond acceptors (Lipinski definition) is 5. The normalized spacial score (nSPS) is 16.3. The number of aliphatic hydroxyl groups is 1. The number of halogens is 2. The largest absolute Gasteiger partial charge is 0.468 e. The molecule has 0 radical (unpaired) electrons. The molecule has 1 atom stereocenters. The molecule has 5 rings (SSSR count). The third-order valence-electron chi connectivity index (χ3n) is 6.33. The van der Waals surface area contributed by atoms with Crippen LogP contribution in [0.2, 0.25) is 0 Å². The first-order valence-corrected chi connectivity index (χ1v) is 11.7. The Morgan fingerprint density at radius 2 is 1.60 bits per heavy atom. The van der Waals surface area contributed by atoms with Gasteiger partial charge in [-0.25, -0.2) is 8.78 Å². The fourth-order valence-electron chi connectivity index (χ4n) is 4.64. The number of benzene rings is 2. The second-order valence-electron chi connectivity index (χ2n) is 8.88. The van der Waals surface area contributed by atoms with Crippen LogP contribution in [0.15, 0.2) is 87.9 Å². The van der Waals surface area contributed by atoms with E-state index in [4.69, 9.17) is 13.6 Å². The van der Waals surface area contributed by atoms with Gasteiger partial charge in [-0.3, -0.25) is 4.90 Å². The maximum absolute atomic E-state index is 14.1. The van der Waals surface area contributed by atoms with Crippen LogP contribution in [0.3, 0.4) is 0 Å². The lowest BCUT2D eigenvalue weighted by molar-refractivity contribution is 0.0605. The molecule has 0 saturated carbocycles. The van der Waals surface area contributed by atoms with Gasteiger partial charge in [-0.05, 0) is 72.5 Å². The molecule has 7 heteroatoms. The summed E-state index contributed by atoms with van der Waals surface area (Å²) in [5.74, 6) is 0.593. The van der Waals surface area contributed by atoms with Crippen molar-refractivity contribution in [3.8, 4) is 0 Å². The lowest BCUT2D eigenvalue weighted by atomic mass is 9.84. The van der Waals surface area contributed by atoms with Gasteiger partial charge in [-0.2, -0.15) is 0 Å². The number of ether oxygens (including phenoxy) is 1. The molecule has 1 unspecified atom stereocenters. The molecule has 2 aromatic carbocycles. The first kappa shape index (κ1) is 23.5. The van der Waals surface area contributed by atoms with E-state index in [0.29, 0.717) is 25.4 Å². The van der Waals surface area contributed by atoms with Gasteiger partial charge in [-0.1, -0.05) is 24.3 Å². The molecule has 4 aromatic rings. The van der Waals surface area contributed by atoms with E-state index in [-0.39, 0.29) is 23.0 Å². The van der Waals surface area contributed by atoms with Gasteiger partial charge in [0.05, 0.1) is 25.5 Å². The Hall–Kier alpha value is -3.26. The molecule has 0 aliphatic carbocycles. The number of nitrogens with zero attached hydrogens (tertiary/aromatic N) is 1. The average molecular weight is 480 g/mol. The smallest absolute Gasteiger partial charge is 0.173 e. The molecular weight excluding hydrogens is 452 g/mol. The van der Waals surface area contributed by atoms with Crippen molar-refractivity contribution in [2.75, 3.05) is 13.2 Å². The van der Waals surface area contributed by atoms with E-state index in [1.165, 1.54) is 36.4 Å². The molecule has 1 N–H and O–H groups in total. The zero-order chi connectivity index (χ0) is 24.3. The van der Waals surface area contributed by atoms with Crippen LogP contribution in [0.25, 0.3) is 0 Å². The van der Waals surface area contributed by atoms with Crippen LogP contribution < -0.4 is 0 Å². The molecule has 1 fully saturated rings. The molecule has 1 aliphatic rings. The minimum atomic E-state index is -1.87. The van der Waals surface area contributed by atoms with E-state index in [2.05, 4.69) is 4.90 Å². The summed E-state index contributed by atoms with van der Waals surface area (Å²) in [5.41, 5.74) is -1.38. The van der Waals surface area contributed by atoms with Crippen molar-refractivity contribution in [2.45, 2.75) is 37.6 Å². The van der Waals surface area contributed by atoms with Crippen LogP contribution in [0.4, 0.5) is 8.78 Å². The summed E-state index contributed by atoms with van der Waals surface area (Å²) in [6.45, 7) is 2.48. The van der Waals surface area contributed by atoms with Crippen LogP contribution in [0, 0.1) is 11.6 Å². The van der Waals surface area contributed by atoms with Gasteiger partial charge in [0.25, 0.3) is 0 Å². The minimum absolute atomic E-state index is 0.135. The molecular formula is C28H27F2NO4. The van der Waals surface area contributed by atoms with Crippen molar-refractivity contribution in [1.29, 1.82) is 0 Å². The second kappa shape index (κ2) is 10.2. The summed E-state index contributed by atoms with van der Waals surface area (Å²) >= 11 is 0. The highest BCUT2D eigenvalue weighted by molar-refractivity contribution is 5.44. The van der Waals surface area contributed by atoms with Gasteiger partial charge < -0.3 is 18.7 Å². The maximum Gasteiger partial charge on any atom is 0.173 e. The van der Waals surface area contributed by atoms with Gasteiger partial charge in [0.1, 0.15) is 28.9 Å². The van der Waals surface area contributed by atoms with E-state index < -0.39 is 17.2 Å². The molecule has 5 nitrogen and oxygen atoms in total. The Morgan fingerprint density at radius 3 is 2.20 bits per heavy atom. The van der Waals surface area contributed by atoms with Gasteiger partial charge in [0, 0.05) is 13.2 Å². The zero-order valence-corrected chi connectivity index (χ0v) is 19.2. The highest BCUT2D eigenvalue weighted by Gasteiger charge is 2.38. The van der Waals surface area contributed by atoms with Gasteiger partial charge >= 0.3 is 0 Å². The molecule has 1 aliphatic heterocycles. The van der Waals surface area contributed by atoms with Crippen LogP contribution in [0.5, 0.6) is 0 Å². The molecule has 0 amide bonds. The van der Waals surface area contributed by atoms with Crippen LogP contribution in [-0.4, -0.2) is 29.3 Å². The minimum Gasteiger partial charge on any atom is -0.468 e. The summed E-state index contributed by atoms with van der Waals surface area (Å²) in [5, 5.41) is 11.9. The molecule has 3 heterocycles. The number of hydrogen-bond donors (Lipinski definition) is 1. The quantitative estimate of drug-likeness (QED) is 0.338. The summed E-state index contributed by atoms with van der Waals surface area (Å²) in [6.07, 6.45) is 3.81. The Morgan fingerprint density at radius 1 is 0.886 bits per heavy atom. The first-order valence-electron chi connectivity index (χ1n) is 11.7. The SMILES string of the molecule is OC(c1cccc(F)c1)(c1cccc(F)c1)c1ccc(CN(Cc2ccco2)CC2CCCO2)o1. The van der Waals surface area contributed by atoms with E-state index >= 15 is 0 Å². The van der Waals surface area contributed by atoms with Gasteiger partial charge in [0.2, 0.25) is 0 Å². The average Bonchev–Trinajstić information content (AvgIpc) is 3.62. The van der Waals surface area contributed by atoms with Gasteiger partial charge in [0.15, 0.2) is 5.60 Å². The molecule has 1 saturated heterocycles. The van der Waals surface area contributed by atoms with Crippen molar-refractivity contribution in [3.63, 3.8) is 0 Å². The predicted molar refractivity (Wildman–Crippen MR) is 125 cm³/mol. The third kappa shape index (κ3) is 5.22. The topological polar surface area (TPSA) is 59.0 Å². The van der Waals surface area contributed by atoms with Gasteiger partial charge in [-0.15, -0.1) is 0 Å². The van der Waals surface area contributed by atoms with E-state index in [1.807, 2.05) is 12.1 Å². The van der Waals surface area contributed by atoms with Crippen molar-refractivity contribution in [2.24, 2.45) is 0 Å².